The van der Waals surface area contributed by atoms with Crippen LogP contribution in [0.4, 0.5) is 0 Å². The summed E-state index contributed by atoms with van der Waals surface area (Å²) in [6, 6.07) is 3.64. The summed E-state index contributed by atoms with van der Waals surface area (Å²) in [5, 5.41) is 2.98. The molecule has 1 aromatic heterocycles. The van der Waals surface area contributed by atoms with Gasteiger partial charge >= 0.3 is 0 Å². The minimum Gasteiger partial charge on any atom is -0.351 e. The molecule has 6 heteroatoms. The molecule has 1 fully saturated rings. The van der Waals surface area contributed by atoms with E-state index in [4.69, 9.17) is 0 Å². The predicted octanol–water partition coefficient (Wildman–Crippen LogP) is 2.26. The van der Waals surface area contributed by atoms with Gasteiger partial charge in [0.05, 0.1) is 5.88 Å². The van der Waals surface area contributed by atoms with Gasteiger partial charge in [0, 0.05) is 36.1 Å². The van der Waals surface area contributed by atoms with Crippen LogP contribution in [-0.4, -0.2) is 44.5 Å². The molecular weight excluding hydrogens is 298 g/mol. The van der Waals surface area contributed by atoms with Gasteiger partial charge < -0.3 is 14.8 Å². The minimum atomic E-state index is -0.353. The Kier molecular flexibility index (Phi) is 5.21. The van der Waals surface area contributed by atoms with E-state index in [9.17, 15) is 9.59 Å². The summed E-state index contributed by atoms with van der Waals surface area (Å²) >= 11 is 1.63. The number of aromatic nitrogens is 1. The van der Waals surface area contributed by atoms with E-state index >= 15 is 0 Å². The Morgan fingerprint density at radius 2 is 1.95 bits per heavy atom. The molecule has 1 aromatic rings. The van der Waals surface area contributed by atoms with E-state index < -0.39 is 0 Å². The third-order valence-corrected chi connectivity index (χ3v) is 4.62. The zero-order valence-electron chi connectivity index (χ0n) is 13.7. The molecule has 5 nitrogen and oxygen atoms in total. The van der Waals surface area contributed by atoms with Crippen LogP contribution < -0.4 is 5.32 Å². The van der Waals surface area contributed by atoms with Gasteiger partial charge in [-0.25, -0.2) is 0 Å². The van der Waals surface area contributed by atoms with Crippen molar-refractivity contribution in [1.29, 1.82) is 0 Å². The fourth-order valence-electron chi connectivity index (χ4n) is 2.48. The van der Waals surface area contributed by atoms with E-state index in [1.807, 2.05) is 56.8 Å². The van der Waals surface area contributed by atoms with Crippen molar-refractivity contribution in [3.63, 3.8) is 0 Å². The molecule has 1 aliphatic rings. The monoisotopic (exact) mass is 323 g/mol. The predicted molar refractivity (Wildman–Crippen MR) is 89.6 cm³/mol. The maximum atomic E-state index is 12.6. The highest BCUT2D eigenvalue weighted by molar-refractivity contribution is 7.99. The van der Waals surface area contributed by atoms with Crippen molar-refractivity contribution in [3.8, 4) is 0 Å². The molecule has 0 aliphatic carbocycles. The average Bonchev–Trinajstić information content (AvgIpc) is 3.08. The number of hydrogen-bond donors (Lipinski definition) is 1. The van der Waals surface area contributed by atoms with Crippen LogP contribution in [0.1, 0.15) is 40.2 Å². The van der Waals surface area contributed by atoms with Crippen molar-refractivity contribution >= 4 is 23.6 Å². The highest BCUT2D eigenvalue weighted by Crippen LogP contribution is 2.24. The molecule has 1 saturated heterocycles. The van der Waals surface area contributed by atoms with Gasteiger partial charge in [-0.3, -0.25) is 9.59 Å². The van der Waals surface area contributed by atoms with Gasteiger partial charge in [0.15, 0.2) is 0 Å². The van der Waals surface area contributed by atoms with E-state index in [0.29, 0.717) is 18.1 Å². The maximum absolute atomic E-state index is 12.6. The van der Waals surface area contributed by atoms with Crippen molar-refractivity contribution in [2.75, 3.05) is 11.6 Å². The molecule has 122 valence electrons. The second-order valence-corrected chi connectivity index (χ2v) is 7.80. The van der Waals surface area contributed by atoms with Gasteiger partial charge in [-0.2, -0.15) is 0 Å². The first-order chi connectivity index (χ1) is 10.3. The molecular formula is C16H25N3O2S. The summed E-state index contributed by atoms with van der Waals surface area (Å²) in [5.74, 6) is 1.25. The quantitative estimate of drug-likeness (QED) is 0.925. The summed E-state index contributed by atoms with van der Waals surface area (Å²) in [4.78, 5) is 26.6. The molecule has 1 N–H and O–H groups in total. The van der Waals surface area contributed by atoms with E-state index in [1.54, 1.807) is 16.7 Å². The van der Waals surface area contributed by atoms with Crippen LogP contribution in [0.15, 0.2) is 24.5 Å². The molecule has 0 aromatic carbocycles. The van der Waals surface area contributed by atoms with Crippen LogP contribution in [0.5, 0.6) is 0 Å². The number of thioether (sulfide) groups is 1. The third-order valence-electron chi connectivity index (χ3n) is 3.61. The number of rotatable bonds is 4. The van der Waals surface area contributed by atoms with Crippen molar-refractivity contribution in [2.45, 2.75) is 51.7 Å². The van der Waals surface area contributed by atoms with Gasteiger partial charge in [0.2, 0.25) is 11.8 Å². The second kappa shape index (κ2) is 6.77. The minimum absolute atomic E-state index is 0.0419. The van der Waals surface area contributed by atoms with Crippen LogP contribution in [0.2, 0.25) is 0 Å². The zero-order valence-corrected chi connectivity index (χ0v) is 14.5. The summed E-state index contributed by atoms with van der Waals surface area (Å²) < 4.78 is 2.02. The third kappa shape index (κ3) is 4.29. The number of nitrogens with zero attached hydrogens (tertiary/aromatic N) is 2. The summed E-state index contributed by atoms with van der Waals surface area (Å²) in [6.45, 7) is 7.87. The number of amides is 2. The Hall–Kier alpha value is -1.43. The lowest BCUT2D eigenvalue weighted by Crippen LogP contribution is -2.52. The Morgan fingerprint density at radius 3 is 2.55 bits per heavy atom. The molecule has 0 spiro atoms. The van der Waals surface area contributed by atoms with Crippen LogP contribution in [0, 0.1) is 0 Å². The number of nitrogens with one attached hydrogen (secondary N) is 1. The molecule has 2 amide bonds. The van der Waals surface area contributed by atoms with Crippen molar-refractivity contribution in [1.82, 2.24) is 14.8 Å². The van der Waals surface area contributed by atoms with Gasteiger partial charge in [-0.15, -0.1) is 11.8 Å². The summed E-state index contributed by atoms with van der Waals surface area (Å²) in [7, 11) is 0. The normalized spacial score (nSPS) is 20.0. The highest BCUT2D eigenvalue weighted by Gasteiger charge is 2.36. The second-order valence-electron chi connectivity index (χ2n) is 6.80. The van der Waals surface area contributed by atoms with Crippen molar-refractivity contribution in [3.05, 3.63) is 24.5 Å². The molecule has 22 heavy (non-hydrogen) atoms. The Balaban J connectivity index is 1.97. The van der Waals surface area contributed by atoms with Gasteiger partial charge in [0.1, 0.15) is 6.04 Å². The average molecular weight is 323 g/mol. The standard InChI is InChI=1S/C16H25N3O2S/c1-12(18-7-5-6-8-18)9-14(20)19-11-22-10-13(19)15(21)17-16(2,3)4/h5-8,12-13H,9-11H2,1-4H3,(H,17,21)/t12-,13-/m0/s1. The smallest absolute Gasteiger partial charge is 0.244 e. The molecule has 0 radical (unpaired) electrons. The van der Waals surface area contributed by atoms with Crippen molar-refractivity contribution < 1.29 is 9.59 Å². The zero-order chi connectivity index (χ0) is 16.3. The number of carbonyl (C=O) groups excluding carboxylic acids is 2. The largest absolute Gasteiger partial charge is 0.351 e. The maximum Gasteiger partial charge on any atom is 0.244 e. The van der Waals surface area contributed by atoms with Gasteiger partial charge in [-0.05, 0) is 39.8 Å². The first-order valence-corrected chi connectivity index (χ1v) is 8.75. The first-order valence-electron chi connectivity index (χ1n) is 7.59. The Labute approximate surface area is 136 Å². The topological polar surface area (TPSA) is 54.3 Å². The molecule has 2 rings (SSSR count). The van der Waals surface area contributed by atoms with E-state index in [0.717, 1.165) is 0 Å². The lowest BCUT2D eigenvalue weighted by molar-refractivity contribution is -0.139. The highest BCUT2D eigenvalue weighted by atomic mass is 32.2. The molecule has 0 bridgehead atoms. The first kappa shape index (κ1) is 16.9. The van der Waals surface area contributed by atoms with E-state index in [-0.39, 0.29) is 29.4 Å². The van der Waals surface area contributed by atoms with Crippen LogP contribution in [0.3, 0.4) is 0 Å². The van der Waals surface area contributed by atoms with Gasteiger partial charge in [0.25, 0.3) is 0 Å². The van der Waals surface area contributed by atoms with Gasteiger partial charge in [-0.1, -0.05) is 0 Å². The fourth-order valence-corrected chi connectivity index (χ4v) is 3.66. The Morgan fingerprint density at radius 1 is 1.32 bits per heavy atom. The lowest BCUT2D eigenvalue weighted by atomic mass is 10.1. The number of hydrogen-bond acceptors (Lipinski definition) is 3. The fraction of sp³-hybridized carbons (Fsp3) is 0.625. The molecule has 2 heterocycles. The van der Waals surface area contributed by atoms with Crippen LogP contribution in [0.25, 0.3) is 0 Å². The van der Waals surface area contributed by atoms with Crippen LogP contribution in [-0.2, 0) is 9.59 Å². The Bertz CT molecular complexity index is 522. The van der Waals surface area contributed by atoms with E-state index in [1.165, 1.54) is 0 Å². The SMILES string of the molecule is C[C@@H](CC(=O)N1CSC[C@H]1C(=O)NC(C)(C)C)n1cccc1. The summed E-state index contributed by atoms with van der Waals surface area (Å²) in [6.07, 6.45) is 4.33. The van der Waals surface area contributed by atoms with Crippen molar-refractivity contribution in [2.24, 2.45) is 0 Å². The van der Waals surface area contributed by atoms with E-state index in [2.05, 4.69) is 5.32 Å². The van der Waals surface area contributed by atoms with Crippen LogP contribution >= 0.6 is 11.8 Å². The molecule has 0 unspecified atom stereocenters. The molecule has 2 atom stereocenters. The lowest BCUT2D eigenvalue weighted by Gasteiger charge is -2.28. The molecule has 0 saturated carbocycles. The summed E-state index contributed by atoms with van der Waals surface area (Å²) in [5.41, 5.74) is -0.280. The number of carbonyl (C=O) groups is 2. The molecule has 1 aliphatic heterocycles.